The maximum atomic E-state index is 12.2. The van der Waals surface area contributed by atoms with Crippen molar-refractivity contribution in [2.24, 2.45) is 11.7 Å². The highest BCUT2D eigenvalue weighted by Crippen LogP contribution is 2.17. The largest absolute Gasteiger partial charge is 0.401 e. The Hall–Kier alpha value is -0.330. The molecule has 0 amide bonds. The summed E-state index contributed by atoms with van der Waals surface area (Å²) < 4.78 is 36.6. The first kappa shape index (κ1) is 15.7. The monoisotopic (exact) mass is 267 g/mol. The van der Waals surface area contributed by atoms with Crippen LogP contribution < -0.4 is 5.73 Å². The molecule has 0 aliphatic carbocycles. The Labute approximate surface area is 107 Å². The number of nitrogens with zero attached hydrogens (tertiary/aromatic N) is 2. The van der Waals surface area contributed by atoms with Gasteiger partial charge in [-0.3, -0.25) is 9.80 Å². The summed E-state index contributed by atoms with van der Waals surface area (Å²) in [5.41, 5.74) is 6.01. The average Bonchev–Trinajstić information content (AvgIpc) is 2.17. The lowest BCUT2D eigenvalue weighted by Crippen LogP contribution is -2.51. The van der Waals surface area contributed by atoms with Crippen LogP contribution in [0.2, 0.25) is 0 Å². The van der Waals surface area contributed by atoms with Crippen LogP contribution in [-0.2, 0) is 0 Å². The van der Waals surface area contributed by atoms with E-state index in [0.29, 0.717) is 32.1 Å². The van der Waals surface area contributed by atoms with Crippen LogP contribution in [0.25, 0.3) is 0 Å². The van der Waals surface area contributed by atoms with Crippen molar-refractivity contribution in [3.63, 3.8) is 0 Å². The van der Waals surface area contributed by atoms with Crippen LogP contribution in [0.1, 0.15) is 20.3 Å². The van der Waals surface area contributed by atoms with E-state index in [1.807, 2.05) is 0 Å². The number of alkyl halides is 3. The highest BCUT2D eigenvalue weighted by atomic mass is 19.4. The Morgan fingerprint density at radius 2 is 1.56 bits per heavy atom. The van der Waals surface area contributed by atoms with E-state index in [1.54, 1.807) is 0 Å². The molecule has 1 heterocycles. The van der Waals surface area contributed by atoms with E-state index in [0.717, 1.165) is 13.0 Å². The van der Waals surface area contributed by atoms with Gasteiger partial charge in [-0.1, -0.05) is 13.8 Å². The van der Waals surface area contributed by atoms with Crippen molar-refractivity contribution in [2.45, 2.75) is 32.5 Å². The topological polar surface area (TPSA) is 32.5 Å². The molecule has 6 heteroatoms. The second-order valence-electron chi connectivity index (χ2n) is 5.58. The zero-order chi connectivity index (χ0) is 13.8. The van der Waals surface area contributed by atoms with Crippen LogP contribution in [-0.4, -0.2) is 61.3 Å². The van der Waals surface area contributed by atoms with Gasteiger partial charge in [0.15, 0.2) is 0 Å². The molecule has 0 spiro atoms. The summed E-state index contributed by atoms with van der Waals surface area (Å²) in [6.07, 6.45) is -3.13. The van der Waals surface area contributed by atoms with E-state index in [1.165, 1.54) is 4.90 Å². The van der Waals surface area contributed by atoms with Crippen LogP contribution in [0.3, 0.4) is 0 Å². The fourth-order valence-electron chi connectivity index (χ4n) is 2.40. The van der Waals surface area contributed by atoms with Gasteiger partial charge in [-0.05, 0) is 12.3 Å². The highest BCUT2D eigenvalue weighted by Gasteiger charge is 2.32. The van der Waals surface area contributed by atoms with Gasteiger partial charge in [0.2, 0.25) is 0 Å². The second-order valence-corrected chi connectivity index (χ2v) is 5.58. The zero-order valence-corrected chi connectivity index (χ0v) is 11.2. The van der Waals surface area contributed by atoms with Gasteiger partial charge in [-0.2, -0.15) is 13.2 Å². The standard InChI is InChI=1S/C12H24F3N3/c1-10(2)7-11(16)8-17-3-5-18(6-4-17)9-12(13,14)15/h10-11H,3-9,16H2,1-2H3/t11-/m0/s1. The predicted octanol–water partition coefficient (Wildman–Crippen LogP) is 1.54. The molecule has 0 unspecified atom stereocenters. The van der Waals surface area contributed by atoms with Gasteiger partial charge < -0.3 is 5.73 Å². The molecular weight excluding hydrogens is 243 g/mol. The van der Waals surface area contributed by atoms with Crippen molar-refractivity contribution < 1.29 is 13.2 Å². The van der Waals surface area contributed by atoms with Crippen molar-refractivity contribution >= 4 is 0 Å². The third kappa shape index (κ3) is 6.56. The number of piperazine rings is 1. The van der Waals surface area contributed by atoms with Crippen LogP contribution in [0.5, 0.6) is 0 Å². The first-order chi connectivity index (χ1) is 8.26. The summed E-state index contributed by atoms with van der Waals surface area (Å²) in [7, 11) is 0. The number of halogens is 3. The predicted molar refractivity (Wildman–Crippen MR) is 66.4 cm³/mol. The Bertz CT molecular complexity index is 235. The summed E-state index contributed by atoms with van der Waals surface area (Å²) >= 11 is 0. The molecule has 108 valence electrons. The zero-order valence-electron chi connectivity index (χ0n) is 11.2. The molecule has 1 aliphatic heterocycles. The van der Waals surface area contributed by atoms with Crippen molar-refractivity contribution in [3.05, 3.63) is 0 Å². The lowest BCUT2D eigenvalue weighted by molar-refractivity contribution is -0.149. The van der Waals surface area contributed by atoms with E-state index in [9.17, 15) is 13.2 Å². The SMILES string of the molecule is CC(C)C[C@H](N)CN1CCN(CC(F)(F)F)CC1. The quantitative estimate of drug-likeness (QED) is 0.820. The fraction of sp³-hybridized carbons (Fsp3) is 1.00. The summed E-state index contributed by atoms with van der Waals surface area (Å²) in [5, 5.41) is 0. The van der Waals surface area contributed by atoms with Gasteiger partial charge >= 0.3 is 6.18 Å². The number of hydrogen-bond donors (Lipinski definition) is 1. The molecule has 1 fully saturated rings. The van der Waals surface area contributed by atoms with Crippen LogP contribution in [0, 0.1) is 5.92 Å². The third-order valence-corrected chi connectivity index (χ3v) is 3.13. The lowest BCUT2D eigenvalue weighted by atomic mass is 10.0. The molecule has 0 aromatic rings. The Balaban J connectivity index is 2.23. The molecular formula is C12H24F3N3. The van der Waals surface area contributed by atoms with Gasteiger partial charge in [0.25, 0.3) is 0 Å². The third-order valence-electron chi connectivity index (χ3n) is 3.13. The maximum absolute atomic E-state index is 12.2. The first-order valence-electron chi connectivity index (χ1n) is 6.53. The molecule has 1 aliphatic rings. The van der Waals surface area contributed by atoms with Crippen molar-refractivity contribution in [1.82, 2.24) is 9.80 Å². The summed E-state index contributed by atoms with van der Waals surface area (Å²) in [6, 6.07) is 0.124. The Morgan fingerprint density at radius 3 is 2.00 bits per heavy atom. The van der Waals surface area contributed by atoms with Gasteiger partial charge in [0.1, 0.15) is 0 Å². The molecule has 1 atom stereocenters. The van der Waals surface area contributed by atoms with E-state index >= 15 is 0 Å². The molecule has 0 aromatic carbocycles. The smallest absolute Gasteiger partial charge is 0.327 e. The Kier molecular flexibility index (Phi) is 5.88. The molecule has 1 saturated heterocycles. The molecule has 2 N–H and O–H groups in total. The van der Waals surface area contributed by atoms with E-state index in [2.05, 4.69) is 18.7 Å². The lowest BCUT2D eigenvalue weighted by Gasteiger charge is -2.36. The maximum Gasteiger partial charge on any atom is 0.401 e. The molecule has 0 saturated carbocycles. The number of hydrogen-bond acceptors (Lipinski definition) is 3. The summed E-state index contributed by atoms with van der Waals surface area (Å²) in [6.45, 7) is 6.57. The molecule has 3 nitrogen and oxygen atoms in total. The van der Waals surface area contributed by atoms with Gasteiger partial charge in [0.05, 0.1) is 6.54 Å². The molecule has 18 heavy (non-hydrogen) atoms. The second kappa shape index (κ2) is 6.73. The van der Waals surface area contributed by atoms with Gasteiger partial charge in [-0.15, -0.1) is 0 Å². The van der Waals surface area contributed by atoms with Gasteiger partial charge in [0, 0.05) is 38.8 Å². The number of rotatable bonds is 5. The molecule has 1 rings (SSSR count). The minimum atomic E-state index is -4.09. The highest BCUT2D eigenvalue weighted by molar-refractivity contribution is 4.77. The minimum Gasteiger partial charge on any atom is -0.327 e. The van der Waals surface area contributed by atoms with E-state index in [-0.39, 0.29) is 6.04 Å². The van der Waals surface area contributed by atoms with Gasteiger partial charge in [-0.25, -0.2) is 0 Å². The van der Waals surface area contributed by atoms with E-state index in [4.69, 9.17) is 5.73 Å². The molecule has 0 bridgehead atoms. The molecule has 0 aromatic heterocycles. The van der Waals surface area contributed by atoms with Crippen LogP contribution in [0.15, 0.2) is 0 Å². The summed E-state index contributed by atoms with van der Waals surface area (Å²) in [4.78, 5) is 3.63. The molecule has 0 radical (unpaired) electrons. The minimum absolute atomic E-state index is 0.124. The summed E-state index contributed by atoms with van der Waals surface area (Å²) in [5.74, 6) is 0.562. The van der Waals surface area contributed by atoms with Crippen molar-refractivity contribution in [1.29, 1.82) is 0 Å². The first-order valence-corrected chi connectivity index (χ1v) is 6.53. The van der Waals surface area contributed by atoms with E-state index < -0.39 is 12.7 Å². The number of nitrogens with two attached hydrogens (primary N) is 1. The average molecular weight is 267 g/mol. The fourth-order valence-corrected chi connectivity index (χ4v) is 2.40. The van der Waals surface area contributed by atoms with Crippen LogP contribution >= 0.6 is 0 Å². The Morgan fingerprint density at radius 1 is 1.06 bits per heavy atom. The normalized spacial score (nSPS) is 21.5. The van der Waals surface area contributed by atoms with Crippen LogP contribution in [0.4, 0.5) is 13.2 Å². The van der Waals surface area contributed by atoms with Crippen molar-refractivity contribution in [2.75, 3.05) is 39.3 Å². The van der Waals surface area contributed by atoms with Crippen molar-refractivity contribution in [3.8, 4) is 0 Å².